The van der Waals surface area contributed by atoms with E-state index in [-0.39, 0.29) is 5.97 Å². The third kappa shape index (κ3) is 1.56. The van der Waals surface area contributed by atoms with Gasteiger partial charge in [-0.05, 0) is 33.2 Å². The van der Waals surface area contributed by atoms with Crippen molar-refractivity contribution in [2.45, 2.75) is 50.8 Å². The maximum atomic E-state index is 11.5. The van der Waals surface area contributed by atoms with Crippen LogP contribution in [0.25, 0.3) is 0 Å². The molecule has 0 unspecified atom stereocenters. The van der Waals surface area contributed by atoms with E-state index in [0.29, 0.717) is 12.1 Å². The molecule has 0 radical (unpaired) electrons. The number of carbonyl (C=O) groups is 1. The van der Waals surface area contributed by atoms with E-state index in [4.69, 9.17) is 4.74 Å². The molecule has 3 aliphatic heterocycles. The van der Waals surface area contributed by atoms with Gasteiger partial charge in [-0.1, -0.05) is 18.6 Å². The van der Waals surface area contributed by atoms with Gasteiger partial charge in [-0.15, -0.1) is 0 Å². The summed E-state index contributed by atoms with van der Waals surface area (Å²) in [6, 6.07) is 0.765. The monoisotopic (exact) mass is 233 g/mol. The standard InChI is InChI=1S/C14H19NO2/c1-10-6-7-11-9-13(16)17-14(11,2)12-5-3-4-8-15(10)12/h6-7,9-10,12H,3-5,8H2,1-2H3/t10-,12+,14-/m0/s1. The van der Waals surface area contributed by atoms with Gasteiger partial charge in [-0.2, -0.15) is 0 Å². The Balaban J connectivity index is 2.04. The summed E-state index contributed by atoms with van der Waals surface area (Å²) in [4.78, 5) is 14.0. The number of esters is 1. The molecular formula is C14H19NO2. The van der Waals surface area contributed by atoms with Gasteiger partial charge < -0.3 is 4.74 Å². The maximum Gasteiger partial charge on any atom is 0.332 e. The molecule has 0 saturated carbocycles. The van der Waals surface area contributed by atoms with Crippen LogP contribution >= 0.6 is 0 Å². The van der Waals surface area contributed by atoms with Crippen molar-refractivity contribution in [3.8, 4) is 0 Å². The van der Waals surface area contributed by atoms with E-state index in [1.165, 1.54) is 12.8 Å². The molecule has 0 aromatic carbocycles. The Morgan fingerprint density at radius 1 is 1.47 bits per heavy atom. The Labute approximate surface area is 102 Å². The van der Waals surface area contributed by atoms with E-state index < -0.39 is 5.60 Å². The lowest BCUT2D eigenvalue weighted by Gasteiger charge is -2.45. The molecule has 0 bridgehead atoms. The number of hydrogen-bond acceptors (Lipinski definition) is 3. The highest BCUT2D eigenvalue weighted by Gasteiger charge is 2.49. The van der Waals surface area contributed by atoms with Gasteiger partial charge in [0.05, 0.1) is 6.04 Å². The average molecular weight is 233 g/mol. The molecule has 3 heterocycles. The van der Waals surface area contributed by atoms with Gasteiger partial charge in [-0.25, -0.2) is 4.79 Å². The minimum Gasteiger partial charge on any atom is -0.450 e. The molecule has 3 rings (SSSR count). The molecule has 92 valence electrons. The van der Waals surface area contributed by atoms with Gasteiger partial charge in [-0.3, -0.25) is 4.90 Å². The van der Waals surface area contributed by atoms with Crippen molar-refractivity contribution in [3.63, 3.8) is 0 Å². The Kier molecular flexibility index (Phi) is 2.40. The molecule has 3 nitrogen and oxygen atoms in total. The van der Waals surface area contributed by atoms with Gasteiger partial charge in [0.25, 0.3) is 0 Å². The van der Waals surface area contributed by atoms with Crippen LogP contribution in [0.1, 0.15) is 33.1 Å². The first-order valence-electron chi connectivity index (χ1n) is 6.50. The molecule has 0 aromatic heterocycles. The molecule has 1 saturated heterocycles. The first kappa shape index (κ1) is 11.0. The number of carbonyl (C=O) groups excluding carboxylic acids is 1. The second-order valence-corrected chi connectivity index (χ2v) is 5.48. The summed E-state index contributed by atoms with van der Waals surface area (Å²) in [5.41, 5.74) is 0.613. The van der Waals surface area contributed by atoms with Gasteiger partial charge >= 0.3 is 5.97 Å². The highest BCUT2D eigenvalue weighted by molar-refractivity contribution is 5.88. The zero-order valence-corrected chi connectivity index (χ0v) is 10.5. The largest absolute Gasteiger partial charge is 0.450 e. The number of ether oxygens (including phenoxy) is 1. The SMILES string of the molecule is C[C@H]1C=CC2=CC(=O)O[C@]2(C)[C@H]2CCCCN12. The van der Waals surface area contributed by atoms with Crippen LogP contribution in [0.4, 0.5) is 0 Å². The summed E-state index contributed by atoms with van der Waals surface area (Å²) in [6.07, 6.45) is 9.52. The summed E-state index contributed by atoms with van der Waals surface area (Å²) in [5.74, 6) is -0.188. The summed E-state index contributed by atoms with van der Waals surface area (Å²) >= 11 is 0. The van der Waals surface area contributed by atoms with Crippen LogP contribution in [0.3, 0.4) is 0 Å². The van der Waals surface area contributed by atoms with E-state index >= 15 is 0 Å². The topological polar surface area (TPSA) is 29.5 Å². The predicted octanol–water partition coefficient (Wildman–Crippen LogP) is 2.04. The minimum atomic E-state index is -0.432. The van der Waals surface area contributed by atoms with E-state index in [0.717, 1.165) is 18.5 Å². The van der Waals surface area contributed by atoms with Crippen molar-refractivity contribution >= 4 is 5.97 Å². The summed E-state index contributed by atoms with van der Waals surface area (Å²) in [5, 5.41) is 0. The average Bonchev–Trinajstić information content (AvgIpc) is 2.57. The van der Waals surface area contributed by atoms with Crippen LogP contribution in [0, 0.1) is 0 Å². The maximum absolute atomic E-state index is 11.5. The molecular weight excluding hydrogens is 214 g/mol. The van der Waals surface area contributed by atoms with Crippen LogP contribution in [-0.4, -0.2) is 35.1 Å². The van der Waals surface area contributed by atoms with Gasteiger partial charge in [0.15, 0.2) is 5.60 Å². The molecule has 0 amide bonds. The zero-order valence-electron chi connectivity index (χ0n) is 10.5. The number of fused-ring (bicyclic) bond motifs is 3. The minimum absolute atomic E-state index is 0.188. The lowest BCUT2D eigenvalue weighted by molar-refractivity contribution is -0.151. The van der Waals surface area contributed by atoms with E-state index in [1.807, 2.05) is 0 Å². The Morgan fingerprint density at radius 3 is 3.12 bits per heavy atom. The Hall–Kier alpha value is -1.09. The van der Waals surface area contributed by atoms with Crippen LogP contribution in [-0.2, 0) is 9.53 Å². The molecule has 3 aliphatic rings. The second-order valence-electron chi connectivity index (χ2n) is 5.48. The van der Waals surface area contributed by atoms with Crippen molar-refractivity contribution in [3.05, 3.63) is 23.8 Å². The molecule has 0 N–H and O–H groups in total. The number of nitrogens with zero attached hydrogens (tertiary/aromatic N) is 1. The number of rotatable bonds is 0. The molecule has 3 heteroatoms. The molecule has 0 spiro atoms. The van der Waals surface area contributed by atoms with Gasteiger partial charge in [0.1, 0.15) is 0 Å². The molecule has 0 aliphatic carbocycles. The quantitative estimate of drug-likeness (QED) is 0.600. The lowest BCUT2D eigenvalue weighted by atomic mass is 9.83. The van der Waals surface area contributed by atoms with Crippen molar-refractivity contribution < 1.29 is 9.53 Å². The second kappa shape index (κ2) is 3.70. The lowest BCUT2D eigenvalue weighted by Crippen LogP contribution is -2.55. The van der Waals surface area contributed by atoms with Gasteiger partial charge in [0.2, 0.25) is 0 Å². The highest BCUT2D eigenvalue weighted by Crippen LogP contribution is 2.41. The first-order chi connectivity index (χ1) is 8.11. The number of piperidine rings is 1. The van der Waals surface area contributed by atoms with Crippen molar-refractivity contribution in [1.82, 2.24) is 4.90 Å². The first-order valence-corrected chi connectivity index (χ1v) is 6.50. The van der Waals surface area contributed by atoms with Crippen molar-refractivity contribution in [2.75, 3.05) is 6.54 Å². The highest BCUT2D eigenvalue weighted by atomic mass is 16.6. The predicted molar refractivity (Wildman–Crippen MR) is 65.5 cm³/mol. The fourth-order valence-corrected chi connectivity index (χ4v) is 3.43. The molecule has 3 atom stereocenters. The van der Waals surface area contributed by atoms with E-state index in [9.17, 15) is 4.79 Å². The fraction of sp³-hybridized carbons (Fsp3) is 0.643. The van der Waals surface area contributed by atoms with Crippen LogP contribution < -0.4 is 0 Å². The fourth-order valence-electron chi connectivity index (χ4n) is 3.43. The third-order valence-electron chi connectivity index (χ3n) is 4.42. The zero-order chi connectivity index (χ0) is 12.0. The van der Waals surface area contributed by atoms with Crippen molar-refractivity contribution in [1.29, 1.82) is 0 Å². The van der Waals surface area contributed by atoms with Crippen LogP contribution in [0.2, 0.25) is 0 Å². The normalized spacial score (nSPS) is 41.3. The van der Waals surface area contributed by atoms with Gasteiger partial charge in [0, 0.05) is 17.7 Å². The molecule has 1 fully saturated rings. The van der Waals surface area contributed by atoms with Crippen molar-refractivity contribution in [2.24, 2.45) is 0 Å². The van der Waals surface area contributed by atoms with E-state index in [1.54, 1.807) is 6.08 Å². The molecule has 0 aromatic rings. The summed E-state index contributed by atoms with van der Waals surface area (Å²) in [7, 11) is 0. The smallest absolute Gasteiger partial charge is 0.332 e. The Bertz CT molecular complexity index is 412. The number of hydrogen-bond donors (Lipinski definition) is 0. The van der Waals surface area contributed by atoms with Crippen LogP contribution in [0.5, 0.6) is 0 Å². The third-order valence-corrected chi connectivity index (χ3v) is 4.42. The Morgan fingerprint density at radius 2 is 2.29 bits per heavy atom. The van der Waals surface area contributed by atoms with Crippen LogP contribution in [0.15, 0.2) is 23.8 Å². The molecule has 17 heavy (non-hydrogen) atoms. The summed E-state index contributed by atoms with van der Waals surface area (Å²) < 4.78 is 5.63. The van der Waals surface area contributed by atoms with E-state index in [2.05, 4.69) is 30.9 Å². The summed E-state index contributed by atoms with van der Waals surface area (Å²) in [6.45, 7) is 5.40.